The fraction of sp³-hybridized carbons (Fsp3) is 0.125. The molecule has 3 aromatic rings. The fourth-order valence-corrected chi connectivity index (χ4v) is 2.91. The van der Waals surface area contributed by atoms with Gasteiger partial charge in [0.25, 0.3) is 0 Å². The van der Waals surface area contributed by atoms with Gasteiger partial charge in [-0.15, -0.1) is 11.3 Å². The van der Waals surface area contributed by atoms with Gasteiger partial charge < -0.3 is 9.14 Å². The number of aromatic nitrogens is 1. The van der Waals surface area contributed by atoms with Gasteiger partial charge in [-0.2, -0.15) is 0 Å². The Morgan fingerprint density at radius 1 is 1.24 bits per heavy atom. The molecule has 106 valence electrons. The molecule has 0 saturated carbocycles. The summed E-state index contributed by atoms with van der Waals surface area (Å²) < 4.78 is 6.79. The molecule has 3 aromatic heterocycles. The van der Waals surface area contributed by atoms with E-state index in [1.54, 1.807) is 35.7 Å². The molecule has 4 nitrogen and oxygen atoms in total. The second-order valence-electron chi connectivity index (χ2n) is 4.43. The molecule has 0 atom stereocenters. The maximum Gasteiger partial charge on any atom is 0.340 e. The number of carbonyl (C=O) groups is 2. The smallest absolute Gasteiger partial charge is 0.340 e. The summed E-state index contributed by atoms with van der Waals surface area (Å²) in [6.07, 6.45) is 1.78. The molecule has 0 spiro atoms. The van der Waals surface area contributed by atoms with Crippen LogP contribution < -0.4 is 0 Å². The van der Waals surface area contributed by atoms with Crippen molar-refractivity contribution in [2.45, 2.75) is 6.92 Å². The van der Waals surface area contributed by atoms with Gasteiger partial charge in [0.05, 0.1) is 28.3 Å². The molecule has 21 heavy (non-hydrogen) atoms. The van der Waals surface area contributed by atoms with Crippen LogP contribution >= 0.6 is 11.3 Å². The van der Waals surface area contributed by atoms with Gasteiger partial charge in [0.15, 0.2) is 0 Å². The molecule has 0 saturated heterocycles. The minimum atomic E-state index is -0.411. The third-order valence-corrected chi connectivity index (χ3v) is 4.02. The SMILES string of the molecule is CCOC(=O)c1cc(C(=O)c2cccs2)n2ccccc12. The number of hydrogen-bond donors (Lipinski definition) is 0. The molecule has 3 heterocycles. The van der Waals surface area contributed by atoms with Crippen LogP contribution in [0.4, 0.5) is 0 Å². The van der Waals surface area contributed by atoms with E-state index in [0.717, 1.165) is 0 Å². The summed E-state index contributed by atoms with van der Waals surface area (Å²) in [6.45, 7) is 2.06. The van der Waals surface area contributed by atoms with Crippen LogP contribution in [0.5, 0.6) is 0 Å². The molecular formula is C16H13NO3S. The minimum absolute atomic E-state index is 0.0956. The second-order valence-corrected chi connectivity index (χ2v) is 5.37. The van der Waals surface area contributed by atoms with Crippen LogP contribution in [0, 0.1) is 0 Å². The average molecular weight is 299 g/mol. The quantitative estimate of drug-likeness (QED) is 0.548. The average Bonchev–Trinajstić information content (AvgIpc) is 3.15. The first-order valence-electron chi connectivity index (χ1n) is 6.57. The Bertz CT molecular complexity index is 802. The van der Waals surface area contributed by atoms with E-state index in [9.17, 15) is 9.59 Å². The fourth-order valence-electron chi connectivity index (χ4n) is 2.23. The number of ether oxygens (including phenoxy) is 1. The first-order valence-corrected chi connectivity index (χ1v) is 7.45. The molecule has 0 radical (unpaired) electrons. The number of hydrogen-bond acceptors (Lipinski definition) is 4. The molecule has 0 bridgehead atoms. The van der Waals surface area contributed by atoms with Crippen molar-refractivity contribution in [3.63, 3.8) is 0 Å². The Kier molecular flexibility index (Phi) is 3.58. The Morgan fingerprint density at radius 2 is 2.10 bits per heavy atom. The highest BCUT2D eigenvalue weighted by Crippen LogP contribution is 2.22. The summed E-state index contributed by atoms with van der Waals surface area (Å²) in [4.78, 5) is 25.2. The second kappa shape index (κ2) is 5.54. The highest BCUT2D eigenvalue weighted by atomic mass is 32.1. The van der Waals surface area contributed by atoms with Gasteiger partial charge in [-0.3, -0.25) is 4.79 Å². The maximum atomic E-state index is 12.6. The third-order valence-electron chi connectivity index (χ3n) is 3.15. The molecule has 0 unspecified atom stereocenters. The Morgan fingerprint density at radius 3 is 2.81 bits per heavy atom. The molecular weight excluding hydrogens is 286 g/mol. The first-order chi connectivity index (χ1) is 10.2. The van der Waals surface area contributed by atoms with Gasteiger partial charge in [-0.1, -0.05) is 12.1 Å². The zero-order chi connectivity index (χ0) is 14.8. The lowest BCUT2D eigenvalue weighted by atomic mass is 10.2. The number of fused-ring (bicyclic) bond motifs is 1. The number of thiophene rings is 1. The number of carbonyl (C=O) groups excluding carboxylic acids is 2. The van der Waals surface area contributed by atoms with Crippen LogP contribution in [0.2, 0.25) is 0 Å². The summed E-state index contributed by atoms with van der Waals surface area (Å²) in [7, 11) is 0. The molecule has 0 aliphatic rings. The van der Waals surface area contributed by atoms with E-state index in [1.807, 2.05) is 23.6 Å². The number of nitrogens with zero attached hydrogens (tertiary/aromatic N) is 1. The predicted molar refractivity (Wildman–Crippen MR) is 81.1 cm³/mol. The van der Waals surface area contributed by atoms with Gasteiger partial charge in [0, 0.05) is 6.20 Å². The van der Waals surface area contributed by atoms with Crippen molar-refractivity contribution in [1.82, 2.24) is 4.40 Å². The normalized spacial score (nSPS) is 10.7. The largest absolute Gasteiger partial charge is 0.462 e. The highest BCUT2D eigenvalue weighted by molar-refractivity contribution is 7.12. The monoisotopic (exact) mass is 299 g/mol. The number of pyridine rings is 1. The lowest BCUT2D eigenvalue weighted by molar-refractivity contribution is 0.0529. The van der Waals surface area contributed by atoms with Crippen LogP contribution in [0.15, 0.2) is 48.0 Å². The van der Waals surface area contributed by atoms with Gasteiger partial charge in [-0.25, -0.2) is 4.79 Å². The zero-order valence-electron chi connectivity index (χ0n) is 11.4. The van der Waals surface area contributed by atoms with E-state index in [2.05, 4.69) is 0 Å². The van der Waals surface area contributed by atoms with Gasteiger partial charge in [-0.05, 0) is 36.6 Å². The van der Waals surface area contributed by atoms with Crippen molar-refractivity contribution in [3.05, 3.63) is 64.1 Å². The van der Waals surface area contributed by atoms with Crippen molar-refractivity contribution in [1.29, 1.82) is 0 Å². The minimum Gasteiger partial charge on any atom is -0.462 e. The van der Waals surface area contributed by atoms with Crippen LogP contribution in [0.1, 0.15) is 32.6 Å². The van der Waals surface area contributed by atoms with E-state index < -0.39 is 5.97 Å². The molecule has 3 rings (SSSR count). The van der Waals surface area contributed by atoms with E-state index >= 15 is 0 Å². The molecule has 0 amide bonds. The number of esters is 1. The van der Waals surface area contributed by atoms with Crippen LogP contribution in [0.3, 0.4) is 0 Å². The van der Waals surface area contributed by atoms with E-state index in [1.165, 1.54) is 11.3 Å². The standard InChI is InChI=1S/C16H13NO3S/c1-2-20-16(19)11-10-13(15(18)14-7-5-9-21-14)17-8-4-3-6-12(11)17/h3-10H,2H2,1H3. The van der Waals surface area contributed by atoms with Crippen LogP contribution in [-0.2, 0) is 4.74 Å². The maximum absolute atomic E-state index is 12.6. The lowest BCUT2D eigenvalue weighted by Crippen LogP contribution is -2.03. The Hall–Kier alpha value is -2.40. The summed E-state index contributed by atoms with van der Waals surface area (Å²) in [5.41, 5.74) is 1.56. The highest BCUT2D eigenvalue weighted by Gasteiger charge is 2.21. The third kappa shape index (κ3) is 2.36. The van der Waals surface area contributed by atoms with Crippen molar-refractivity contribution >= 4 is 28.6 Å². The summed E-state index contributed by atoms with van der Waals surface area (Å²) in [6, 6.07) is 10.7. The van der Waals surface area contributed by atoms with Gasteiger partial charge in [0.1, 0.15) is 0 Å². The first kappa shape index (κ1) is 13.6. The Balaban J connectivity index is 2.15. The van der Waals surface area contributed by atoms with Crippen LogP contribution in [-0.4, -0.2) is 22.8 Å². The topological polar surface area (TPSA) is 47.8 Å². The molecule has 0 aliphatic heterocycles. The molecule has 0 N–H and O–H groups in total. The van der Waals surface area contributed by atoms with Crippen molar-refractivity contribution in [2.75, 3.05) is 6.61 Å². The number of rotatable bonds is 4. The molecule has 0 fully saturated rings. The molecule has 5 heteroatoms. The van der Waals surface area contributed by atoms with Crippen molar-refractivity contribution in [3.8, 4) is 0 Å². The molecule has 0 aliphatic carbocycles. The summed E-state index contributed by atoms with van der Waals surface area (Å²) in [5.74, 6) is -0.506. The van der Waals surface area contributed by atoms with Gasteiger partial charge >= 0.3 is 5.97 Å². The van der Waals surface area contributed by atoms with Crippen molar-refractivity contribution in [2.24, 2.45) is 0 Å². The Labute approximate surface area is 125 Å². The zero-order valence-corrected chi connectivity index (χ0v) is 12.2. The van der Waals surface area contributed by atoms with Crippen LogP contribution in [0.25, 0.3) is 5.52 Å². The predicted octanol–water partition coefficient (Wildman–Crippen LogP) is 3.41. The van der Waals surface area contributed by atoms with Crippen molar-refractivity contribution < 1.29 is 14.3 Å². The molecule has 0 aromatic carbocycles. The summed E-state index contributed by atoms with van der Waals surface area (Å²) >= 11 is 1.38. The van der Waals surface area contributed by atoms with E-state index in [0.29, 0.717) is 28.3 Å². The number of ketones is 1. The van der Waals surface area contributed by atoms with E-state index in [4.69, 9.17) is 4.74 Å². The summed E-state index contributed by atoms with van der Waals surface area (Å²) in [5, 5.41) is 1.86. The van der Waals surface area contributed by atoms with Gasteiger partial charge in [0.2, 0.25) is 5.78 Å². The van der Waals surface area contributed by atoms with E-state index in [-0.39, 0.29) is 5.78 Å². The lowest BCUT2D eigenvalue weighted by Gasteiger charge is -2.01.